The van der Waals surface area contributed by atoms with E-state index in [4.69, 9.17) is 32.6 Å². The van der Waals surface area contributed by atoms with Crippen LogP contribution >= 0.6 is 0 Å². The number of terminal acetylenes is 1. The number of ether oxygens (including phenoxy) is 2. The summed E-state index contributed by atoms with van der Waals surface area (Å²) in [6.07, 6.45) is 12.0. The quantitative estimate of drug-likeness (QED) is 0.203. The molecule has 0 aliphatic heterocycles. The molecule has 4 rings (SSSR count). The zero-order valence-electron chi connectivity index (χ0n) is 30.0. The van der Waals surface area contributed by atoms with E-state index in [1.165, 1.54) is 11.1 Å². The van der Waals surface area contributed by atoms with Crippen molar-refractivity contribution in [1.82, 2.24) is 0 Å². The molecule has 0 bridgehead atoms. The first-order chi connectivity index (χ1) is 22.7. The highest BCUT2D eigenvalue weighted by Gasteiger charge is 2.31. The van der Waals surface area contributed by atoms with Crippen LogP contribution in [0, 0.1) is 12.3 Å². The molecule has 2 aromatic carbocycles. The highest BCUT2D eigenvalue weighted by Crippen LogP contribution is 2.31. The summed E-state index contributed by atoms with van der Waals surface area (Å²) in [7, 11) is 0. The van der Waals surface area contributed by atoms with Gasteiger partial charge in [0, 0.05) is 0 Å². The SMILES string of the molecule is C#CCOS(=O)OC1CCCCC1Oc1ccc(C(C)(C)C)cc1.CC(C)OS(=O)OC1CCCCC1Oc1ccc(C(C)(C)C)cc1. The summed E-state index contributed by atoms with van der Waals surface area (Å²) in [5.74, 6) is 3.91. The van der Waals surface area contributed by atoms with Gasteiger partial charge in [0.25, 0.3) is 0 Å². The van der Waals surface area contributed by atoms with Gasteiger partial charge < -0.3 is 9.47 Å². The Morgan fingerprint density at radius 3 is 1.40 bits per heavy atom. The third kappa shape index (κ3) is 13.9. The Hall–Kier alpha value is -2.26. The van der Waals surface area contributed by atoms with Crippen molar-refractivity contribution in [3.63, 3.8) is 0 Å². The first-order valence-electron chi connectivity index (χ1n) is 17.1. The van der Waals surface area contributed by atoms with Gasteiger partial charge in [-0.3, -0.25) is 16.7 Å². The standard InChI is InChI=1S/C19H30O4S.C19H26O4S/c1-14(2)22-24(20)23-18-9-7-6-8-17(18)21-16-12-10-15(11-13-16)19(3,4)5;1-5-14-21-24(20)23-18-9-7-6-8-17(18)22-16-12-10-15(11-13-16)19(2,3)4/h10-14,17-18H,6-9H2,1-5H3;1,10-13,17-18H,6-9,14H2,2-4H3. The first-order valence-corrected chi connectivity index (χ1v) is 19.1. The third-order valence-electron chi connectivity index (χ3n) is 8.21. The van der Waals surface area contributed by atoms with Crippen molar-refractivity contribution in [1.29, 1.82) is 0 Å². The van der Waals surface area contributed by atoms with E-state index in [1.807, 2.05) is 38.1 Å². The van der Waals surface area contributed by atoms with Gasteiger partial charge in [-0.2, -0.15) is 8.42 Å². The minimum Gasteiger partial charge on any atom is -0.488 e. The van der Waals surface area contributed by atoms with Crippen LogP contribution in [0.3, 0.4) is 0 Å². The average Bonchev–Trinajstić information content (AvgIpc) is 3.01. The molecule has 6 atom stereocenters. The molecule has 0 heterocycles. The molecule has 0 spiro atoms. The summed E-state index contributed by atoms with van der Waals surface area (Å²) < 4.78 is 57.0. The van der Waals surface area contributed by atoms with Crippen LogP contribution in [0.5, 0.6) is 11.5 Å². The van der Waals surface area contributed by atoms with E-state index in [-0.39, 0.29) is 48.0 Å². The van der Waals surface area contributed by atoms with E-state index in [0.29, 0.717) is 0 Å². The van der Waals surface area contributed by atoms with E-state index in [1.54, 1.807) is 0 Å². The lowest BCUT2D eigenvalue weighted by atomic mass is 9.87. The zero-order valence-corrected chi connectivity index (χ0v) is 31.7. The van der Waals surface area contributed by atoms with Gasteiger partial charge in [0.15, 0.2) is 0 Å². The fourth-order valence-corrected chi connectivity index (χ4v) is 6.95. The normalized spacial score (nSPS) is 22.9. The minimum atomic E-state index is -1.83. The molecule has 2 aliphatic carbocycles. The Bertz CT molecular complexity index is 1320. The van der Waals surface area contributed by atoms with Crippen molar-refractivity contribution in [2.45, 2.75) is 148 Å². The van der Waals surface area contributed by atoms with E-state index in [2.05, 4.69) is 71.7 Å². The van der Waals surface area contributed by atoms with Gasteiger partial charge in [-0.05, 0) is 98.6 Å². The molecule has 6 unspecified atom stereocenters. The predicted molar refractivity (Wildman–Crippen MR) is 193 cm³/mol. The van der Waals surface area contributed by atoms with E-state index >= 15 is 0 Å². The monoisotopic (exact) mass is 704 g/mol. The summed E-state index contributed by atoms with van der Waals surface area (Å²) >= 11 is -3.56. The molecular weight excluding hydrogens is 649 g/mol. The first kappa shape index (κ1) is 40.2. The Morgan fingerprint density at radius 1 is 0.667 bits per heavy atom. The fraction of sp³-hybridized carbons (Fsp3) is 0.632. The Balaban J connectivity index is 0.000000260. The van der Waals surface area contributed by atoms with E-state index in [0.717, 1.165) is 62.9 Å². The number of benzene rings is 2. The summed E-state index contributed by atoms with van der Waals surface area (Å²) in [6.45, 7) is 16.8. The van der Waals surface area contributed by atoms with Crippen LogP contribution in [0.15, 0.2) is 48.5 Å². The molecular formula is C38H56O8S2. The smallest absolute Gasteiger partial charge is 0.305 e. The third-order valence-corrected chi connectivity index (χ3v) is 9.87. The summed E-state index contributed by atoms with van der Waals surface area (Å²) in [4.78, 5) is 0. The van der Waals surface area contributed by atoms with Gasteiger partial charge in [-0.25, -0.2) is 0 Å². The van der Waals surface area contributed by atoms with Gasteiger partial charge in [0.05, 0.1) is 6.10 Å². The van der Waals surface area contributed by atoms with Gasteiger partial charge in [-0.1, -0.05) is 84.6 Å². The fourth-order valence-electron chi connectivity index (χ4n) is 5.52. The maximum absolute atomic E-state index is 11.9. The maximum atomic E-state index is 11.9. The molecule has 10 heteroatoms. The predicted octanol–water partition coefficient (Wildman–Crippen LogP) is 8.61. The molecule has 268 valence electrons. The second kappa shape index (κ2) is 19.2. The summed E-state index contributed by atoms with van der Waals surface area (Å²) in [5, 5.41) is 0. The van der Waals surface area contributed by atoms with Crippen molar-refractivity contribution in [3.05, 3.63) is 59.7 Å². The average molecular weight is 705 g/mol. The van der Waals surface area contributed by atoms with E-state index < -0.39 is 22.7 Å². The highest BCUT2D eigenvalue weighted by atomic mass is 32.2. The number of rotatable bonds is 12. The van der Waals surface area contributed by atoms with Crippen molar-refractivity contribution in [3.8, 4) is 23.8 Å². The lowest BCUT2D eigenvalue weighted by Gasteiger charge is -2.31. The highest BCUT2D eigenvalue weighted by molar-refractivity contribution is 7.75. The van der Waals surface area contributed by atoms with Crippen LogP contribution in [0.1, 0.15) is 118 Å². The van der Waals surface area contributed by atoms with Crippen LogP contribution < -0.4 is 9.47 Å². The number of hydrogen-bond acceptors (Lipinski definition) is 8. The molecule has 0 amide bonds. The Morgan fingerprint density at radius 2 is 1.04 bits per heavy atom. The van der Waals surface area contributed by atoms with Gasteiger partial charge in [-0.15, -0.1) is 6.42 Å². The number of hydrogen-bond donors (Lipinski definition) is 0. The van der Waals surface area contributed by atoms with Crippen LogP contribution in [0.4, 0.5) is 0 Å². The second-order valence-corrected chi connectivity index (χ2v) is 16.3. The lowest BCUT2D eigenvalue weighted by Crippen LogP contribution is -2.37. The molecule has 0 N–H and O–H groups in total. The van der Waals surface area contributed by atoms with Gasteiger partial charge in [0.1, 0.15) is 42.5 Å². The Kier molecular flexibility index (Phi) is 16.1. The van der Waals surface area contributed by atoms with Crippen LogP contribution in [0.2, 0.25) is 0 Å². The van der Waals surface area contributed by atoms with Gasteiger partial charge >= 0.3 is 22.7 Å². The Labute approximate surface area is 294 Å². The second-order valence-electron chi connectivity index (χ2n) is 14.7. The van der Waals surface area contributed by atoms with Gasteiger partial charge in [0.2, 0.25) is 0 Å². The zero-order chi connectivity index (χ0) is 35.3. The molecule has 2 fully saturated rings. The molecule has 2 aromatic rings. The van der Waals surface area contributed by atoms with Crippen molar-refractivity contribution < 1.29 is 34.6 Å². The topological polar surface area (TPSA) is 89.5 Å². The molecule has 0 aromatic heterocycles. The van der Waals surface area contributed by atoms with Crippen molar-refractivity contribution in [2.75, 3.05) is 6.61 Å². The minimum absolute atomic E-state index is 0.0287. The summed E-state index contributed by atoms with van der Waals surface area (Å²) in [5.41, 5.74) is 2.77. The largest absolute Gasteiger partial charge is 0.488 e. The van der Waals surface area contributed by atoms with Crippen LogP contribution in [-0.2, 0) is 50.3 Å². The van der Waals surface area contributed by atoms with E-state index in [9.17, 15) is 8.42 Å². The molecule has 0 radical (unpaired) electrons. The van der Waals surface area contributed by atoms with Crippen molar-refractivity contribution in [2.24, 2.45) is 0 Å². The molecule has 2 aliphatic rings. The molecule has 2 saturated carbocycles. The molecule has 48 heavy (non-hydrogen) atoms. The van der Waals surface area contributed by atoms with Crippen LogP contribution in [-0.4, -0.2) is 45.5 Å². The van der Waals surface area contributed by atoms with Crippen molar-refractivity contribution >= 4 is 22.7 Å². The molecule has 0 saturated heterocycles. The lowest BCUT2D eigenvalue weighted by molar-refractivity contribution is 0.0209. The molecule has 8 nitrogen and oxygen atoms in total. The maximum Gasteiger partial charge on any atom is 0.305 e. The van der Waals surface area contributed by atoms with Crippen LogP contribution in [0.25, 0.3) is 0 Å². The summed E-state index contributed by atoms with van der Waals surface area (Å²) in [6, 6.07) is 16.4.